The molecule has 1 aliphatic carbocycles. The molecule has 30 heavy (non-hydrogen) atoms. The third-order valence-electron chi connectivity index (χ3n) is 5.57. The second kappa shape index (κ2) is 7.52. The average Bonchev–Trinajstić information content (AvgIpc) is 3.25. The van der Waals surface area contributed by atoms with E-state index in [4.69, 9.17) is 0 Å². The van der Waals surface area contributed by atoms with Gasteiger partial charge < -0.3 is 4.98 Å². The van der Waals surface area contributed by atoms with Crippen molar-refractivity contribution >= 4 is 22.9 Å². The lowest BCUT2D eigenvalue weighted by Gasteiger charge is -2.36. The molecule has 0 atom stereocenters. The van der Waals surface area contributed by atoms with E-state index in [9.17, 15) is 13.2 Å². The molecular weight excluding hydrogens is 409 g/mol. The van der Waals surface area contributed by atoms with E-state index in [-0.39, 0.29) is 23.3 Å². The smallest absolute Gasteiger partial charge is 0.150 e. The first-order valence-corrected chi connectivity index (χ1v) is 10.5. The Morgan fingerprint density at radius 3 is 2.57 bits per heavy atom. The van der Waals surface area contributed by atoms with E-state index in [2.05, 4.69) is 14.8 Å². The number of nitrogens with one attached hydrogen (secondary N) is 2. The minimum Gasteiger partial charge on any atom is -0.352 e. The van der Waals surface area contributed by atoms with Crippen molar-refractivity contribution in [2.24, 2.45) is 7.05 Å². The fraction of sp³-hybridized carbons (Fsp3) is 0.227. The highest BCUT2D eigenvalue weighted by Crippen LogP contribution is 2.46. The number of H-pyrrole nitrogens is 1. The van der Waals surface area contributed by atoms with Gasteiger partial charge >= 0.3 is 0 Å². The van der Waals surface area contributed by atoms with Gasteiger partial charge in [0.25, 0.3) is 0 Å². The average molecular weight is 428 g/mol. The molecule has 0 saturated heterocycles. The molecule has 2 aromatic carbocycles. The van der Waals surface area contributed by atoms with E-state index in [1.807, 2.05) is 13.2 Å². The maximum Gasteiger partial charge on any atom is 0.150 e. The van der Waals surface area contributed by atoms with Crippen LogP contribution in [0.5, 0.6) is 0 Å². The number of halogens is 3. The zero-order chi connectivity index (χ0) is 20.8. The Hall–Kier alpha value is -2.71. The Labute approximate surface area is 175 Å². The molecule has 0 spiro atoms. The first kappa shape index (κ1) is 19.3. The van der Waals surface area contributed by atoms with E-state index in [0.29, 0.717) is 5.39 Å². The summed E-state index contributed by atoms with van der Waals surface area (Å²) in [5.74, 6) is -1.42. The minimum atomic E-state index is -0.624. The molecule has 4 nitrogen and oxygen atoms in total. The van der Waals surface area contributed by atoms with Gasteiger partial charge in [0.15, 0.2) is 0 Å². The SMILES string of the molecule is Cn1cc(SNC2CC(c3c(-c4ccc(F)cc4)[nH]c4c(F)cc(F)cc34)C2)cn1. The summed E-state index contributed by atoms with van der Waals surface area (Å²) in [6.45, 7) is 0. The Kier molecular flexibility index (Phi) is 4.83. The summed E-state index contributed by atoms with van der Waals surface area (Å²) in [6.07, 6.45) is 5.41. The number of nitrogens with zero attached hydrogens (tertiary/aromatic N) is 2. The summed E-state index contributed by atoms with van der Waals surface area (Å²) in [5, 5.41) is 4.70. The molecule has 0 radical (unpaired) electrons. The molecular formula is C22H19F3N4S. The van der Waals surface area contributed by atoms with Crippen LogP contribution in [-0.4, -0.2) is 20.8 Å². The number of aromatic amines is 1. The summed E-state index contributed by atoms with van der Waals surface area (Å²) in [5.41, 5.74) is 2.65. The maximum absolute atomic E-state index is 14.4. The highest BCUT2D eigenvalue weighted by molar-refractivity contribution is 7.97. The number of rotatable bonds is 5. The number of hydrogen-bond acceptors (Lipinski definition) is 3. The fourth-order valence-corrected chi connectivity index (χ4v) is 4.86. The van der Waals surface area contributed by atoms with Gasteiger partial charge in [0, 0.05) is 30.7 Å². The topological polar surface area (TPSA) is 45.6 Å². The van der Waals surface area contributed by atoms with Crippen molar-refractivity contribution in [3.63, 3.8) is 0 Å². The second-order valence-corrected chi connectivity index (χ2v) is 8.58. The molecule has 2 aromatic heterocycles. The summed E-state index contributed by atoms with van der Waals surface area (Å²) in [6, 6.07) is 8.60. The lowest BCUT2D eigenvalue weighted by atomic mass is 9.74. The Morgan fingerprint density at radius 1 is 1.10 bits per heavy atom. The lowest BCUT2D eigenvalue weighted by Crippen LogP contribution is -2.36. The van der Waals surface area contributed by atoms with Crippen molar-refractivity contribution in [2.75, 3.05) is 0 Å². The molecule has 1 aliphatic rings. The monoisotopic (exact) mass is 428 g/mol. The number of benzene rings is 2. The van der Waals surface area contributed by atoms with Crippen LogP contribution >= 0.6 is 11.9 Å². The molecule has 0 unspecified atom stereocenters. The van der Waals surface area contributed by atoms with Gasteiger partial charge in [-0.15, -0.1) is 0 Å². The van der Waals surface area contributed by atoms with E-state index >= 15 is 0 Å². The first-order chi connectivity index (χ1) is 14.5. The van der Waals surface area contributed by atoms with Gasteiger partial charge in [0.1, 0.15) is 17.5 Å². The van der Waals surface area contributed by atoms with Crippen LogP contribution in [0.1, 0.15) is 24.3 Å². The van der Waals surface area contributed by atoms with Crippen molar-refractivity contribution in [2.45, 2.75) is 29.7 Å². The molecule has 1 saturated carbocycles. The molecule has 4 aromatic rings. The van der Waals surface area contributed by atoms with Gasteiger partial charge in [0.2, 0.25) is 0 Å². The normalized spacial score (nSPS) is 18.7. The molecule has 8 heteroatoms. The standard InChI is InChI=1S/C22H19F3N4S/c1-29-11-17(10-26-29)30-28-16-6-13(7-16)20-18-8-15(24)9-19(25)22(18)27-21(20)12-2-4-14(23)5-3-12/h2-5,8-11,13,16,27-28H,6-7H2,1H3. The van der Waals surface area contributed by atoms with Crippen LogP contribution in [-0.2, 0) is 7.05 Å². The van der Waals surface area contributed by atoms with E-state index in [1.54, 1.807) is 23.0 Å². The molecule has 1 fully saturated rings. The van der Waals surface area contributed by atoms with Gasteiger partial charge in [-0.2, -0.15) is 5.10 Å². The first-order valence-electron chi connectivity index (χ1n) is 9.65. The predicted octanol–water partition coefficient (Wildman–Crippen LogP) is 5.53. The van der Waals surface area contributed by atoms with Gasteiger partial charge in [-0.1, -0.05) is 0 Å². The second-order valence-electron chi connectivity index (χ2n) is 7.67. The number of aromatic nitrogens is 3. The van der Waals surface area contributed by atoms with Crippen LogP contribution < -0.4 is 4.72 Å². The Morgan fingerprint density at radius 2 is 1.87 bits per heavy atom. The maximum atomic E-state index is 14.4. The Bertz CT molecular complexity index is 1210. The van der Waals surface area contributed by atoms with Gasteiger partial charge in [-0.3, -0.25) is 9.40 Å². The third-order valence-corrected chi connectivity index (χ3v) is 6.47. The summed E-state index contributed by atoms with van der Waals surface area (Å²) in [4.78, 5) is 4.15. The predicted molar refractivity (Wildman–Crippen MR) is 112 cm³/mol. The van der Waals surface area contributed by atoms with Crippen LogP contribution in [0.15, 0.2) is 53.7 Å². The minimum absolute atomic E-state index is 0.145. The van der Waals surface area contributed by atoms with Crippen molar-refractivity contribution in [1.29, 1.82) is 0 Å². The fourth-order valence-electron chi connectivity index (χ4n) is 4.06. The third kappa shape index (κ3) is 3.50. The van der Waals surface area contributed by atoms with Crippen LogP contribution in [0.3, 0.4) is 0 Å². The zero-order valence-electron chi connectivity index (χ0n) is 16.1. The summed E-state index contributed by atoms with van der Waals surface area (Å²) < 4.78 is 47.0. The van der Waals surface area contributed by atoms with Crippen LogP contribution in [0.4, 0.5) is 13.2 Å². The van der Waals surface area contributed by atoms with E-state index in [1.165, 1.54) is 30.1 Å². The van der Waals surface area contributed by atoms with Crippen molar-refractivity contribution in [1.82, 2.24) is 19.5 Å². The lowest BCUT2D eigenvalue weighted by molar-refractivity contribution is 0.336. The molecule has 0 aliphatic heterocycles. The van der Waals surface area contributed by atoms with Crippen LogP contribution in [0.2, 0.25) is 0 Å². The van der Waals surface area contributed by atoms with E-state index in [0.717, 1.165) is 40.6 Å². The van der Waals surface area contributed by atoms with Gasteiger partial charge in [-0.25, -0.2) is 13.2 Å². The number of fused-ring (bicyclic) bond motifs is 1. The number of aryl methyl sites for hydroxylation is 1. The van der Waals surface area contributed by atoms with Crippen molar-refractivity contribution < 1.29 is 13.2 Å². The number of hydrogen-bond donors (Lipinski definition) is 2. The van der Waals surface area contributed by atoms with Crippen molar-refractivity contribution in [3.05, 3.63) is 71.8 Å². The van der Waals surface area contributed by atoms with Crippen molar-refractivity contribution in [3.8, 4) is 11.3 Å². The van der Waals surface area contributed by atoms with E-state index < -0.39 is 11.6 Å². The largest absolute Gasteiger partial charge is 0.352 e. The molecule has 0 amide bonds. The molecule has 154 valence electrons. The highest BCUT2D eigenvalue weighted by Gasteiger charge is 2.34. The van der Waals surface area contributed by atoms with Gasteiger partial charge in [-0.05, 0) is 72.2 Å². The van der Waals surface area contributed by atoms with Crippen LogP contribution in [0, 0.1) is 17.5 Å². The van der Waals surface area contributed by atoms with Gasteiger partial charge in [0.05, 0.1) is 22.3 Å². The summed E-state index contributed by atoms with van der Waals surface area (Å²) >= 11 is 1.53. The molecule has 2 N–H and O–H groups in total. The quantitative estimate of drug-likeness (QED) is 0.411. The summed E-state index contributed by atoms with van der Waals surface area (Å²) in [7, 11) is 1.87. The zero-order valence-corrected chi connectivity index (χ0v) is 16.9. The Balaban J connectivity index is 1.44. The van der Waals surface area contributed by atoms with Crippen LogP contribution in [0.25, 0.3) is 22.2 Å². The molecule has 0 bridgehead atoms. The highest BCUT2D eigenvalue weighted by atomic mass is 32.2. The molecule has 5 rings (SSSR count). The molecule has 2 heterocycles.